The van der Waals surface area contributed by atoms with E-state index in [-0.39, 0.29) is 10.8 Å². The molecule has 2 aliphatic carbocycles. The normalized spacial score (nSPS) is 14.1. The number of furan rings is 1. The monoisotopic (exact) mass is 795 g/mol. The van der Waals surface area contributed by atoms with Crippen molar-refractivity contribution in [3.63, 3.8) is 0 Å². The molecular formula is C60H45NO. The van der Waals surface area contributed by atoms with Crippen LogP contribution in [0.15, 0.2) is 205 Å². The Kier molecular flexibility index (Phi) is 7.96. The fourth-order valence-electron chi connectivity index (χ4n) is 10.6. The summed E-state index contributed by atoms with van der Waals surface area (Å²) in [5, 5.41) is 2.25. The van der Waals surface area contributed by atoms with Crippen LogP contribution in [0.3, 0.4) is 0 Å². The second-order valence-electron chi connectivity index (χ2n) is 18.1. The minimum absolute atomic E-state index is 0.0511. The van der Waals surface area contributed by atoms with Crippen LogP contribution >= 0.6 is 0 Å². The third kappa shape index (κ3) is 5.49. The molecule has 0 saturated carbocycles. The highest BCUT2D eigenvalue weighted by Crippen LogP contribution is 2.52. The minimum atomic E-state index is -0.106. The molecule has 9 aromatic carbocycles. The summed E-state index contributed by atoms with van der Waals surface area (Å²) < 4.78 is 6.83. The summed E-state index contributed by atoms with van der Waals surface area (Å²) in [6.45, 7) is 9.38. The van der Waals surface area contributed by atoms with Crippen molar-refractivity contribution in [1.82, 2.24) is 0 Å². The standard InChI is InChI=1S/C60H45NO/c1-59(2)53-19-10-8-15-47(53)49-32-25-41(35-55(49)59)42-26-33-51-52-18-12-17-46(58(52)62-57(51)36-42)40-23-29-44(30-24-40)61(43-27-21-39(22-28-43)38-13-6-5-7-14-38)45-31-34-50-48-16-9-11-20-54(48)60(3,4)56(50)37-45/h5-37H,1-4H3. The van der Waals surface area contributed by atoms with Gasteiger partial charge in [-0.2, -0.15) is 0 Å². The lowest BCUT2D eigenvalue weighted by molar-refractivity contribution is 0.660. The summed E-state index contributed by atoms with van der Waals surface area (Å²) in [5.74, 6) is 0. The molecular weight excluding hydrogens is 751 g/mol. The first-order valence-corrected chi connectivity index (χ1v) is 21.7. The zero-order chi connectivity index (χ0) is 41.7. The molecule has 2 aliphatic rings. The van der Waals surface area contributed by atoms with Gasteiger partial charge in [0, 0.05) is 44.2 Å². The first-order chi connectivity index (χ1) is 30.2. The molecule has 10 aromatic rings. The smallest absolute Gasteiger partial charge is 0.143 e. The number of fused-ring (bicyclic) bond motifs is 9. The average Bonchev–Trinajstić information content (AvgIpc) is 3.89. The molecule has 0 bridgehead atoms. The van der Waals surface area contributed by atoms with Gasteiger partial charge in [-0.3, -0.25) is 0 Å². The maximum Gasteiger partial charge on any atom is 0.143 e. The predicted molar refractivity (Wildman–Crippen MR) is 260 cm³/mol. The molecule has 0 radical (unpaired) electrons. The van der Waals surface area contributed by atoms with Gasteiger partial charge in [0.05, 0.1) is 0 Å². The Balaban J connectivity index is 0.919. The van der Waals surface area contributed by atoms with E-state index in [0.29, 0.717) is 0 Å². The van der Waals surface area contributed by atoms with Gasteiger partial charge in [-0.25, -0.2) is 0 Å². The van der Waals surface area contributed by atoms with E-state index in [1.807, 2.05) is 0 Å². The van der Waals surface area contributed by atoms with Crippen LogP contribution in [0.1, 0.15) is 49.9 Å². The van der Waals surface area contributed by atoms with Gasteiger partial charge in [-0.05, 0) is 127 Å². The van der Waals surface area contributed by atoms with Crippen LogP contribution in [0, 0.1) is 0 Å². The molecule has 0 saturated heterocycles. The molecule has 0 unspecified atom stereocenters. The lowest BCUT2D eigenvalue weighted by atomic mass is 9.81. The quantitative estimate of drug-likeness (QED) is 0.167. The molecule has 0 aliphatic heterocycles. The highest BCUT2D eigenvalue weighted by molar-refractivity contribution is 6.10. The average molecular weight is 796 g/mol. The van der Waals surface area contributed by atoms with Crippen LogP contribution in [-0.2, 0) is 10.8 Å². The number of benzene rings is 9. The Morgan fingerprint density at radius 2 is 0.806 bits per heavy atom. The predicted octanol–water partition coefficient (Wildman–Crippen LogP) is 16.7. The van der Waals surface area contributed by atoms with Crippen LogP contribution in [0.2, 0.25) is 0 Å². The molecule has 0 spiro atoms. The highest BCUT2D eigenvalue weighted by Gasteiger charge is 2.37. The number of anilines is 3. The van der Waals surface area contributed by atoms with Crippen molar-refractivity contribution in [3.8, 4) is 55.6 Å². The second-order valence-corrected chi connectivity index (χ2v) is 18.1. The number of hydrogen-bond acceptors (Lipinski definition) is 2. The van der Waals surface area contributed by atoms with E-state index in [4.69, 9.17) is 4.42 Å². The first-order valence-electron chi connectivity index (χ1n) is 21.7. The van der Waals surface area contributed by atoms with Crippen molar-refractivity contribution < 1.29 is 4.42 Å². The summed E-state index contributed by atoms with van der Waals surface area (Å²) in [6.07, 6.45) is 0. The van der Waals surface area contributed by atoms with Crippen molar-refractivity contribution in [2.24, 2.45) is 0 Å². The molecule has 0 N–H and O–H groups in total. The molecule has 1 aromatic heterocycles. The van der Waals surface area contributed by atoms with E-state index in [1.54, 1.807) is 0 Å². The molecule has 2 heteroatoms. The third-order valence-electron chi connectivity index (χ3n) is 13.9. The SMILES string of the molecule is CC1(C)c2ccccc2-c2ccc(-c3ccc4c(c3)oc3c(-c5ccc(N(c6ccc(-c7ccccc7)cc6)c6ccc7c(c6)C(C)(C)c6ccccc6-7)cc5)cccc34)cc21. The Bertz CT molecular complexity index is 3390. The van der Waals surface area contributed by atoms with Crippen LogP contribution in [0.5, 0.6) is 0 Å². The molecule has 12 rings (SSSR count). The molecule has 296 valence electrons. The van der Waals surface area contributed by atoms with E-state index in [9.17, 15) is 0 Å². The fraction of sp³-hybridized carbons (Fsp3) is 0.100. The van der Waals surface area contributed by atoms with Gasteiger partial charge in [0.15, 0.2) is 0 Å². The summed E-state index contributed by atoms with van der Waals surface area (Å²) in [4.78, 5) is 2.39. The maximum atomic E-state index is 6.83. The summed E-state index contributed by atoms with van der Waals surface area (Å²) >= 11 is 0. The largest absolute Gasteiger partial charge is 0.455 e. The number of hydrogen-bond donors (Lipinski definition) is 0. The third-order valence-corrected chi connectivity index (χ3v) is 13.9. The lowest BCUT2D eigenvalue weighted by Gasteiger charge is -2.28. The first kappa shape index (κ1) is 36.4. The second kappa shape index (κ2) is 13.5. The van der Waals surface area contributed by atoms with Gasteiger partial charge >= 0.3 is 0 Å². The molecule has 2 nitrogen and oxygen atoms in total. The van der Waals surface area contributed by atoms with Gasteiger partial charge in [-0.1, -0.05) is 173 Å². The number of nitrogens with zero attached hydrogens (tertiary/aromatic N) is 1. The molecule has 0 amide bonds. The van der Waals surface area contributed by atoms with Crippen molar-refractivity contribution in [2.75, 3.05) is 4.90 Å². The molecule has 0 atom stereocenters. The molecule has 62 heavy (non-hydrogen) atoms. The minimum Gasteiger partial charge on any atom is -0.455 e. The number of rotatable bonds is 6. The Morgan fingerprint density at radius 3 is 1.48 bits per heavy atom. The van der Waals surface area contributed by atoms with Crippen molar-refractivity contribution >= 4 is 39.0 Å². The van der Waals surface area contributed by atoms with Crippen molar-refractivity contribution in [3.05, 3.63) is 222 Å². The zero-order valence-corrected chi connectivity index (χ0v) is 35.4. The van der Waals surface area contributed by atoms with Crippen LogP contribution in [0.25, 0.3) is 77.6 Å². The summed E-state index contributed by atoms with van der Waals surface area (Å²) in [7, 11) is 0. The van der Waals surface area contributed by atoms with Crippen LogP contribution in [0.4, 0.5) is 17.1 Å². The van der Waals surface area contributed by atoms with Gasteiger partial charge in [-0.15, -0.1) is 0 Å². The zero-order valence-electron chi connectivity index (χ0n) is 35.4. The van der Waals surface area contributed by atoms with E-state index in [1.165, 1.54) is 61.2 Å². The number of para-hydroxylation sites is 1. The van der Waals surface area contributed by atoms with Crippen molar-refractivity contribution in [2.45, 2.75) is 38.5 Å². The molecule has 1 heterocycles. The highest BCUT2D eigenvalue weighted by atomic mass is 16.3. The Hall–Kier alpha value is -7.42. The topological polar surface area (TPSA) is 16.4 Å². The fourth-order valence-corrected chi connectivity index (χ4v) is 10.6. The van der Waals surface area contributed by atoms with E-state index in [2.05, 4.69) is 233 Å². The Morgan fingerprint density at radius 1 is 0.323 bits per heavy atom. The van der Waals surface area contributed by atoms with E-state index in [0.717, 1.165) is 55.7 Å². The van der Waals surface area contributed by atoms with Crippen LogP contribution in [-0.4, -0.2) is 0 Å². The van der Waals surface area contributed by atoms with E-state index >= 15 is 0 Å². The Labute approximate surface area is 363 Å². The molecule has 0 fully saturated rings. The van der Waals surface area contributed by atoms with Gasteiger partial charge in [0.2, 0.25) is 0 Å². The summed E-state index contributed by atoms with van der Waals surface area (Å²) in [6, 6.07) is 73.4. The van der Waals surface area contributed by atoms with Crippen molar-refractivity contribution in [1.29, 1.82) is 0 Å². The lowest BCUT2D eigenvalue weighted by Crippen LogP contribution is -2.16. The van der Waals surface area contributed by atoms with Gasteiger partial charge in [0.1, 0.15) is 11.2 Å². The van der Waals surface area contributed by atoms with Crippen LogP contribution < -0.4 is 4.90 Å². The maximum absolute atomic E-state index is 6.83. The van der Waals surface area contributed by atoms with E-state index < -0.39 is 0 Å². The summed E-state index contributed by atoms with van der Waals surface area (Å²) in [5.41, 5.74) is 22.8. The van der Waals surface area contributed by atoms with Gasteiger partial charge in [0.25, 0.3) is 0 Å². The van der Waals surface area contributed by atoms with Gasteiger partial charge < -0.3 is 9.32 Å².